The molecule has 1 aliphatic rings. The molecule has 1 aliphatic heterocycles. The first-order valence-corrected chi connectivity index (χ1v) is 9.61. The number of carbonyl (C=O) groups is 1. The van der Waals surface area contributed by atoms with Crippen LogP contribution in [-0.2, 0) is 17.8 Å². The molecule has 0 aliphatic carbocycles. The quantitative estimate of drug-likeness (QED) is 0.929. The topological polar surface area (TPSA) is 67.2 Å². The van der Waals surface area contributed by atoms with Gasteiger partial charge in [0.2, 0.25) is 0 Å². The summed E-state index contributed by atoms with van der Waals surface area (Å²) in [5.41, 5.74) is 1.77. The standard InChI is InChI=1S/C17H22N4O2S/c1-20-15(10-11-18-20)16-5-3-4-12-21(16)17(22)19-13-6-8-14(9-7-13)24(2)23/h6-11,16H,3-5,12H2,1-2H3,(H,19,22)/t16-,24+/m0/s1. The minimum Gasteiger partial charge on any atom is -0.316 e. The number of hydrogen-bond donors (Lipinski definition) is 1. The lowest BCUT2D eigenvalue weighted by atomic mass is 9.99. The molecule has 2 heterocycles. The Morgan fingerprint density at radius 1 is 1.25 bits per heavy atom. The van der Waals surface area contributed by atoms with Crippen molar-refractivity contribution in [3.63, 3.8) is 0 Å². The van der Waals surface area contributed by atoms with E-state index in [4.69, 9.17) is 0 Å². The van der Waals surface area contributed by atoms with Gasteiger partial charge >= 0.3 is 6.03 Å². The van der Waals surface area contributed by atoms with Crippen LogP contribution in [-0.4, -0.2) is 37.7 Å². The number of amides is 2. The molecular formula is C17H22N4O2S. The summed E-state index contributed by atoms with van der Waals surface area (Å²) in [6, 6.07) is 9.05. The number of rotatable bonds is 3. The van der Waals surface area contributed by atoms with E-state index in [0.717, 1.165) is 36.4 Å². The van der Waals surface area contributed by atoms with E-state index >= 15 is 0 Å². The van der Waals surface area contributed by atoms with E-state index in [0.29, 0.717) is 5.69 Å². The lowest BCUT2D eigenvalue weighted by Crippen LogP contribution is -2.41. The largest absolute Gasteiger partial charge is 0.322 e. The smallest absolute Gasteiger partial charge is 0.316 e. The van der Waals surface area contributed by atoms with Gasteiger partial charge in [0.1, 0.15) is 0 Å². The Balaban J connectivity index is 1.74. The molecule has 128 valence electrons. The number of carbonyl (C=O) groups excluding carboxylic acids is 1. The van der Waals surface area contributed by atoms with Crippen molar-refractivity contribution in [3.8, 4) is 0 Å². The first kappa shape index (κ1) is 16.7. The van der Waals surface area contributed by atoms with Crippen molar-refractivity contribution in [2.45, 2.75) is 30.2 Å². The van der Waals surface area contributed by atoms with Gasteiger partial charge in [-0.25, -0.2) is 4.79 Å². The second-order valence-corrected chi connectivity index (χ2v) is 7.37. The number of likely N-dealkylation sites (tertiary alicyclic amines) is 1. The minimum absolute atomic E-state index is 0.0497. The van der Waals surface area contributed by atoms with Crippen molar-refractivity contribution in [1.29, 1.82) is 0 Å². The lowest BCUT2D eigenvalue weighted by Gasteiger charge is -2.35. The molecule has 1 N–H and O–H groups in total. The summed E-state index contributed by atoms with van der Waals surface area (Å²) in [6.07, 6.45) is 6.47. The van der Waals surface area contributed by atoms with Gasteiger partial charge in [0.25, 0.3) is 0 Å². The van der Waals surface area contributed by atoms with Gasteiger partial charge in [0.05, 0.1) is 11.7 Å². The monoisotopic (exact) mass is 346 g/mol. The molecule has 2 amide bonds. The highest BCUT2D eigenvalue weighted by atomic mass is 32.2. The van der Waals surface area contributed by atoms with Crippen LogP contribution in [0.4, 0.5) is 10.5 Å². The zero-order valence-corrected chi connectivity index (χ0v) is 14.8. The van der Waals surface area contributed by atoms with E-state index in [1.165, 1.54) is 0 Å². The van der Waals surface area contributed by atoms with Crippen LogP contribution in [0.3, 0.4) is 0 Å². The number of hydrogen-bond acceptors (Lipinski definition) is 3. The molecule has 1 fully saturated rings. The Hall–Kier alpha value is -2.15. The molecule has 24 heavy (non-hydrogen) atoms. The number of aryl methyl sites for hydroxylation is 1. The van der Waals surface area contributed by atoms with Crippen molar-refractivity contribution < 1.29 is 9.00 Å². The molecule has 0 bridgehead atoms. The number of aromatic nitrogens is 2. The van der Waals surface area contributed by atoms with E-state index in [9.17, 15) is 9.00 Å². The van der Waals surface area contributed by atoms with Crippen molar-refractivity contribution in [3.05, 3.63) is 42.2 Å². The molecule has 7 heteroatoms. The number of urea groups is 1. The summed E-state index contributed by atoms with van der Waals surface area (Å²) in [5, 5.41) is 7.17. The zero-order chi connectivity index (χ0) is 17.1. The van der Waals surface area contributed by atoms with E-state index < -0.39 is 10.8 Å². The number of nitrogens with one attached hydrogen (secondary N) is 1. The number of nitrogens with zero attached hydrogens (tertiary/aromatic N) is 3. The summed E-state index contributed by atoms with van der Waals surface area (Å²) >= 11 is 0. The van der Waals surface area contributed by atoms with Crippen molar-refractivity contribution in [1.82, 2.24) is 14.7 Å². The van der Waals surface area contributed by atoms with Gasteiger partial charge in [-0.2, -0.15) is 5.10 Å². The maximum atomic E-state index is 12.7. The minimum atomic E-state index is -1.02. The van der Waals surface area contributed by atoms with Gasteiger partial charge in [-0.1, -0.05) is 0 Å². The Morgan fingerprint density at radius 3 is 2.62 bits per heavy atom. The third-order valence-corrected chi connectivity index (χ3v) is 5.34. The molecule has 0 spiro atoms. The van der Waals surface area contributed by atoms with E-state index in [1.54, 1.807) is 36.7 Å². The van der Waals surface area contributed by atoms with Crippen LogP contribution in [0.5, 0.6) is 0 Å². The van der Waals surface area contributed by atoms with E-state index in [1.807, 2.05) is 22.7 Å². The summed E-state index contributed by atoms with van der Waals surface area (Å²) in [5.74, 6) is 0. The first-order chi connectivity index (χ1) is 11.6. The van der Waals surface area contributed by atoms with Gasteiger partial charge in [-0.05, 0) is 49.6 Å². The Morgan fingerprint density at radius 2 is 2.00 bits per heavy atom. The summed E-state index contributed by atoms with van der Waals surface area (Å²) in [6.45, 7) is 0.735. The SMILES string of the molecule is Cn1nccc1[C@@H]1CCCCN1C(=O)Nc1ccc([S@@](C)=O)cc1. The van der Waals surface area contributed by atoms with Crippen LogP contribution < -0.4 is 5.32 Å². The van der Waals surface area contributed by atoms with E-state index in [-0.39, 0.29) is 12.1 Å². The molecule has 1 saturated heterocycles. The van der Waals surface area contributed by atoms with Crippen LogP contribution in [0.2, 0.25) is 0 Å². The van der Waals surface area contributed by atoms with Gasteiger partial charge in [-0.3, -0.25) is 8.89 Å². The molecule has 0 unspecified atom stereocenters. The number of piperidine rings is 1. The Kier molecular flexibility index (Phi) is 4.99. The predicted molar refractivity (Wildman–Crippen MR) is 94.3 cm³/mol. The second kappa shape index (κ2) is 7.17. The highest BCUT2D eigenvalue weighted by molar-refractivity contribution is 7.84. The van der Waals surface area contributed by atoms with Crippen LogP contribution in [0, 0.1) is 0 Å². The van der Waals surface area contributed by atoms with Crippen LogP contribution in [0.1, 0.15) is 31.0 Å². The maximum Gasteiger partial charge on any atom is 0.322 e. The van der Waals surface area contributed by atoms with E-state index in [2.05, 4.69) is 10.4 Å². The van der Waals surface area contributed by atoms with Gasteiger partial charge in [0.15, 0.2) is 0 Å². The highest BCUT2D eigenvalue weighted by Crippen LogP contribution is 2.31. The molecule has 6 nitrogen and oxygen atoms in total. The first-order valence-electron chi connectivity index (χ1n) is 8.05. The van der Waals surface area contributed by atoms with Crippen LogP contribution >= 0.6 is 0 Å². The van der Waals surface area contributed by atoms with Crippen molar-refractivity contribution in [2.75, 3.05) is 18.1 Å². The summed E-state index contributed by atoms with van der Waals surface area (Å²) in [4.78, 5) is 15.4. The van der Waals surface area contributed by atoms with Crippen molar-refractivity contribution >= 4 is 22.5 Å². The van der Waals surface area contributed by atoms with Gasteiger partial charge in [-0.15, -0.1) is 0 Å². The molecule has 0 saturated carbocycles. The maximum absolute atomic E-state index is 12.7. The molecule has 1 aromatic carbocycles. The molecule has 3 rings (SSSR count). The summed E-state index contributed by atoms with van der Waals surface area (Å²) < 4.78 is 13.3. The van der Waals surface area contributed by atoms with Gasteiger partial charge < -0.3 is 10.2 Å². The third kappa shape index (κ3) is 3.51. The average Bonchev–Trinajstić information content (AvgIpc) is 3.01. The number of anilines is 1. The second-order valence-electron chi connectivity index (χ2n) is 5.99. The number of benzene rings is 1. The summed E-state index contributed by atoms with van der Waals surface area (Å²) in [7, 11) is 0.891. The normalized spacial score (nSPS) is 19.1. The molecular weight excluding hydrogens is 324 g/mol. The lowest BCUT2D eigenvalue weighted by molar-refractivity contribution is 0.159. The highest BCUT2D eigenvalue weighted by Gasteiger charge is 2.29. The van der Waals surface area contributed by atoms with Crippen molar-refractivity contribution in [2.24, 2.45) is 7.05 Å². The molecule has 2 aromatic rings. The average molecular weight is 346 g/mol. The Bertz CT molecular complexity index is 741. The van der Waals surface area contributed by atoms with Crippen LogP contribution in [0.15, 0.2) is 41.4 Å². The predicted octanol–water partition coefficient (Wildman–Crippen LogP) is 2.92. The zero-order valence-electron chi connectivity index (χ0n) is 13.9. The third-order valence-electron chi connectivity index (χ3n) is 4.40. The molecule has 0 radical (unpaired) electrons. The fourth-order valence-electron chi connectivity index (χ4n) is 3.12. The molecule has 2 atom stereocenters. The fourth-order valence-corrected chi connectivity index (χ4v) is 3.64. The van der Waals surface area contributed by atoms with Crippen LogP contribution in [0.25, 0.3) is 0 Å². The Labute approximate surface area is 144 Å². The fraction of sp³-hybridized carbons (Fsp3) is 0.412. The van der Waals surface area contributed by atoms with Gasteiger partial charge in [0, 0.05) is 47.4 Å². The molecule has 1 aromatic heterocycles.